The Morgan fingerprint density at radius 2 is 2.20 bits per heavy atom. The number of aliphatic hydroxyl groups is 1. The molecule has 0 heterocycles. The molecule has 1 amide bonds. The second kappa shape index (κ2) is 8.11. The zero-order valence-electron chi connectivity index (χ0n) is 11.0. The third-order valence-corrected chi connectivity index (χ3v) is 2.36. The van der Waals surface area contributed by atoms with Gasteiger partial charge in [-0.3, -0.25) is 4.79 Å². The van der Waals surface area contributed by atoms with Crippen LogP contribution in [-0.2, 0) is 14.3 Å². The molecule has 0 saturated heterocycles. The molecule has 1 aromatic rings. The Balaban J connectivity index is 2.22. The van der Waals surface area contributed by atoms with Crippen molar-refractivity contribution in [2.75, 3.05) is 20.3 Å². The molecular weight excluding hydrogens is 269 g/mol. The van der Waals surface area contributed by atoms with E-state index in [1.54, 1.807) is 6.07 Å². The van der Waals surface area contributed by atoms with E-state index in [4.69, 9.17) is 4.74 Å². The Morgan fingerprint density at radius 3 is 2.85 bits per heavy atom. The Labute approximate surface area is 115 Å². The standard InChI is InChI=1S/C13H16FNO5/c1-19-13(18)11(16)8-15-12(17)5-6-20-10-4-2-3-9(14)7-10/h2-4,7,11,16H,5-6,8H2,1H3,(H,15,17). The van der Waals surface area contributed by atoms with Crippen LogP contribution in [0.25, 0.3) is 0 Å². The van der Waals surface area contributed by atoms with Gasteiger partial charge in [0.15, 0.2) is 6.10 Å². The van der Waals surface area contributed by atoms with E-state index in [0.29, 0.717) is 5.75 Å². The Kier molecular flexibility index (Phi) is 6.45. The third-order valence-electron chi connectivity index (χ3n) is 2.36. The number of rotatable bonds is 7. The van der Waals surface area contributed by atoms with Crippen LogP contribution in [0.5, 0.6) is 5.75 Å². The number of hydrogen-bond donors (Lipinski definition) is 2. The second-order valence-corrected chi connectivity index (χ2v) is 3.90. The number of carbonyl (C=O) groups is 2. The van der Waals surface area contributed by atoms with E-state index >= 15 is 0 Å². The lowest BCUT2D eigenvalue weighted by Gasteiger charge is -2.10. The van der Waals surface area contributed by atoms with Gasteiger partial charge >= 0.3 is 5.97 Å². The third kappa shape index (κ3) is 5.66. The van der Waals surface area contributed by atoms with E-state index in [9.17, 15) is 19.1 Å². The van der Waals surface area contributed by atoms with Gasteiger partial charge in [-0.25, -0.2) is 9.18 Å². The van der Waals surface area contributed by atoms with Crippen molar-refractivity contribution in [3.8, 4) is 5.75 Å². The van der Waals surface area contributed by atoms with Crippen molar-refractivity contribution in [2.24, 2.45) is 0 Å². The van der Waals surface area contributed by atoms with Crippen molar-refractivity contribution in [1.82, 2.24) is 5.32 Å². The summed E-state index contributed by atoms with van der Waals surface area (Å²) in [6.45, 7) is -0.172. The minimum absolute atomic E-state index is 0.0183. The smallest absolute Gasteiger partial charge is 0.336 e. The molecule has 0 aliphatic heterocycles. The van der Waals surface area contributed by atoms with Crippen molar-refractivity contribution < 1.29 is 28.6 Å². The molecule has 0 aliphatic rings. The predicted octanol–water partition coefficient (Wildman–Crippen LogP) is 0.245. The highest BCUT2D eigenvalue weighted by atomic mass is 19.1. The van der Waals surface area contributed by atoms with Crippen LogP contribution in [0.4, 0.5) is 4.39 Å². The Morgan fingerprint density at radius 1 is 1.45 bits per heavy atom. The molecule has 0 saturated carbocycles. The summed E-state index contributed by atoms with van der Waals surface area (Å²) in [5.41, 5.74) is 0. The van der Waals surface area contributed by atoms with Gasteiger partial charge in [-0.15, -0.1) is 0 Å². The molecule has 1 atom stereocenters. The van der Waals surface area contributed by atoms with E-state index in [1.165, 1.54) is 18.2 Å². The van der Waals surface area contributed by atoms with E-state index in [-0.39, 0.29) is 19.6 Å². The average Bonchev–Trinajstić information content (AvgIpc) is 2.44. The predicted molar refractivity (Wildman–Crippen MR) is 67.5 cm³/mol. The van der Waals surface area contributed by atoms with Crippen molar-refractivity contribution in [2.45, 2.75) is 12.5 Å². The summed E-state index contributed by atoms with van der Waals surface area (Å²) in [5.74, 6) is -1.31. The highest BCUT2D eigenvalue weighted by Gasteiger charge is 2.15. The molecule has 110 valence electrons. The largest absolute Gasteiger partial charge is 0.493 e. The van der Waals surface area contributed by atoms with E-state index in [1.807, 2.05) is 0 Å². The Hall–Kier alpha value is -2.15. The first-order valence-electron chi connectivity index (χ1n) is 5.94. The van der Waals surface area contributed by atoms with Gasteiger partial charge in [0.05, 0.1) is 26.7 Å². The molecule has 0 aliphatic carbocycles. The number of ether oxygens (including phenoxy) is 2. The van der Waals surface area contributed by atoms with Crippen molar-refractivity contribution in [1.29, 1.82) is 0 Å². The van der Waals surface area contributed by atoms with Crippen LogP contribution < -0.4 is 10.1 Å². The van der Waals surface area contributed by atoms with Gasteiger partial charge in [0.1, 0.15) is 11.6 Å². The summed E-state index contributed by atoms with van der Waals surface area (Å²) >= 11 is 0. The first-order valence-corrected chi connectivity index (χ1v) is 5.94. The van der Waals surface area contributed by atoms with Gasteiger partial charge in [0.2, 0.25) is 5.91 Å². The first kappa shape index (κ1) is 15.9. The lowest BCUT2D eigenvalue weighted by atomic mass is 10.3. The summed E-state index contributed by atoms with van der Waals surface area (Å²) in [6, 6.07) is 5.56. The SMILES string of the molecule is COC(=O)C(O)CNC(=O)CCOc1cccc(F)c1. The monoisotopic (exact) mass is 285 g/mol. The molecule has 6 nitrogen and oxygen atoms in total. The molecule has 20 heavy (non-hydrogen) atoms. The van der Waals surface area contributed by atoms with Crippen LogP contribution in [0.2, 0.25) is 0 Å². The number of amides is 1. The van der Waals surface area contributed by atoms with Crippen LogP contribution >= 0.6 is 0 Å². The number of halogens is 1. The number of esters is 1. The topological polar surface area (TPSA) is 84.9 Å². The first-order chi connectivity index (χ1) is 9.52. The minimum atomic E-state index is -1.40. The number of benzene rings is 1. The van der Waals surface area contributed by atoms with Crippen LogP contribution in [0.3, 0.4) is 0 Å². The van der Waals surface area contributed by atoms with Crippen molar-refractivity contribution in [3.63, 3.8) is 0 Å². The van der Waals surface area contributed by atoms with Crippen LogP contribution in [0.1, 0.15) is 6.42 Å². The lowest BCUT2D eigenvalue weighted by molar-refractivity contribution is -0.150. The summed E-state index contributed by atoms with van der Waals surface area (Å²) in [7, 11) is 1.14. The fraction of sp³-hybridized carbons (Fsp3) is 0.385. The number of carbonyl (C=O) groups excluding carboxylic acids is 2. The van der Waals surface area contributed by atoms with Gasteiger partial charge < -0.3 is 19.9 Å². The molecule has 0 bridgehead atoms. The van der Waals surface area contributed by atoms with Crippen LogP contribution in [0, 0.1) is 5.82 Å². The fourth-order valence-electron chi connectivity index (χ4n) is 1.34. The van der Waals surface area contributed by atoms with Gasteiger partial charge in [0, 0.05) is 6.07 Å². The minimum Gasteiger partial charge on any atom is -0.493 e. The van der Waals surface area contributed by atoms with Gasteiger partial charge in [-0.05, 0) is 12.1 Å². The average molecular weight is 285 g/mol. The molecular formula is C13H16FNO5. The normalized spacial score (nSPS) is 11.6. The molecule has 0 aromatic heterocycles. The molecule has 1 aromatic carbocycles. The molecule has 1 unspecified atom stereocenters. The van der Waals surface area contributed by atoms with Crippen molar-refractivity contribution >= 4 is 11.9 Å². The summed E-state index contributed by atoms with van der Waals surface area (Å²) in [4.78, 5) is 22.3. The molecule has 2 N–H and O–H groups in total. The Bertz CT molecular complexity index is 466. The van der Waals surface area contributed by atoms with Gasteiger partial charge in [-0.1, -0.05) is 6.07 Å². The molecule has 0 fully saturated rings. The zero-order valence-corrected chi connectivity index (χ0v) is 11.0. The molecule has 0 radical (unpaired) electrons. The highest BCUT2D eigenvalue weighted by Crippen LogP contribution is 2.11. The maximum atomic E-state index is 12.8. The van der Waals surface area contributed by atoms with Crippen molar-refractivity contribution in [3.05, 3.63) is 30.1 Å². The molecule has 0 spiro atoms. The van der Waals surface area contributed by atoms with Crippen LogP contribution in [0.15, 0.2) is 24.3 Å². The van der Waals surface area contributed by atoms with E-state index in [0.717, 1.165) is 7.11 Å². The molecule has 7 heteroatoms. The lowest BCUT2D eigenvalue weighted by Crippen LogP contribution is -2.37. The zero-order chi connectivity index (χ0) is 15.0. The maximum Gasteiger partial charge on any atom is 0.336 e. The number of hydrogen-bond acceptors (Lipinski definition) is 5. The summed E-state index contributed by atoms with van der Waals surface area (Å²) < 4.78 is 22.3. The molecule has 1 rings (SSSR count). The number of methoxy groups -OCH3 is 1. The fourth-order valence-corrected chi connectivity index (χ4v) is 1.34. The highest BCUT2D eigenvalue weighted by molar-refractivity contribution is 5.78. The van der Waals surface area contributed by atoms with E-state index < -0.39 is 23.8 Å². The number of aliphatic hydroxyl groups excluding tert-OH is 1. The van der Waals surface area contributed by atoms with Gasteiger partial charge in [0.25, 0.3) is 0 Å². The second-order valence-electron chi connectivity index (χ2n) is 3.90. The van der Waals surface area contributed by atoms with Crippen LogP contribution in [-0.4, -0.2) is 43.3 Å². The maximum absolute atomic E-state index is 12.8. The summed E-state index contributed by atoms with van der Waals surface area (Å²) in [5, 5.41) is 11.6. The van der Waals surface area contributed by atoms with E-state index in [2.05, 4.69) is 10.1 Å². The van der Waals surface area contributed by atoms with Gasteiger partial charge in [-0.2, -0.15) is 0 Å². The quantitative estimate of drug-likeness (QED) is 0.701. The summed E-state index contributed by atoms with van der Waals surface area (Å²) in [6.07, 6.45) is -1.38. The number of nitrogens with one attached hydrogen (secondary N) is 1.